The van der Waals surface area contributed by atoms with Gasteiger partial charge in [0.1, 0.15) is 5.78 Å². The van der Waals surface area contributed by atoms with Crippen LogP contribution >= 0.6 is 0 Å². The zero-order valence-corrected chi connectivity index (χ0v) is 8.11. The van der Waals surface area contributed by atoms with Crippen molar-refractivity contribution in [3.8, 4) is 0 Å². The van der Waals surface area contributed by atoms with E-state index in [-0.39, 0.29) is 11.7 Å². The summed E-state index contributed by atoms with van der Waals surface area (Å²) in [6.45, 7) is 4.55. The highest BCUT2D eigenvalue weighted by molar-refractivity contribution is 5.80. The molecule has 1 aliphatic heterocycles. The monoisotopic (exact) mass is 197 g/mol. The van der Waals surface area contributed by atoms with E-state index in [0.717, 1.165) is 6.42 Å². The lowest BCUT2D eigenvalue weighted by Crippen LogP contribution is -2.26. The molecule has 0 spiro atoms. The first kappa shape index (κ1) is 10.8. The molecule has 1 amide bonds. The number of rotatable bonds is 4. The molecule has 4 heteroatoms. The van der Waals surface area contributed by atoms with Crippen LogP contribution in [0.5, 0.6) is 0 Å². The summed E-state index contributed by atoms with van der Waals surface area (Å²) >= 11 is 0. The number of carbonyl (C=O) groups is 2. The molecule has 0 radical (unpaired) electrons. The second-order valence-electron chi connectivity index (χ2n) is 3.62. The molecule has 0 aromatic rings. The molecule has 1 rings (SSSR count). The zero-order chi connectivity index (χ0) is 10.6. The number of hydrogen-bond acceptors (Lipinski definition) is 2. The lowest BCUT2D eigenvalue weighted by atomic mass is 10.0. The van der Waals surface area contributed by atoms with Crippen molar-refractivity contribution in [2.24, 2.45) is 5.92 Å². The summed E-state index contributed by atoms with van der Waals surface area (Å²) in [5, 5.41) is 8.69. The fraction of sp³-hybridized carbons (Fsp3) is 0.600. The number of allylic oxidation sites excluding steroid dienone is 1. The normalized spacial score (nSPS) is 20.9. The van der Waals surface area contributed by atoms with Gasteiger partial charge in [0.2, 0.25) is 0 Å². The van der Waals surface area contributed by atoms with Gasteiger partial charge in [0.25, 0.3) is 0 Å². The van der Waals surface area contributed by atoms with Crippen LogP contribution in [0.2, 0.25) is 0 Å². The minimum absolute atomic E-state index is 0.150. The van der Waals surface area contributed by atoms with Gasteiger partial charge in [-0.25, -0.2) is 4.79 Å². The Hall–Kier alpha value is -1.32. The minimum atomic E-state index is -0.885. The van der Waals surface area contributed by atoms with Crippen molar-refractivity contribution in [3.05, 3.63) is 12.7 Å². The Morgan fingerprint density at radius 1 is 1.57 bits per heavy atom. The SMILES string of the molecule is C=CCC(=O)C[C@@H]1CCN(C(=O)O)C1. The summed E-state index contributed by atoms with van der Waals surface area (Å²) in [5.74, 6) is 0.357. The van der Waals surface area contributed by atoms with Crippen LogP contribution in [0.4, 0.5) is 4.79 Å². The van der Waals surface area contributed by atoms with Crippen molar-refractivity contribution in [3.63, 3.8) is 0 Å². The fourth-order valence-electron chi connectivity index (χ4n) is 1.74. The zero-order valence-electron chi connectivity index (χ0n) is 8.11. The van der Waals surface area contributed by atoms with Gasteiger partial charge in [0.05, 0.1) is 0 Å². The molecule has 78 valence electrons. The lowest BCUT2D eigenvalue weighted by Gasteiger charge is -2.11. The number of amides is 1. The van der Waals surface area contributed by atoms with Gasteiger partial charge < -0.3 is 10.0 Å². The maximum absolute atomic E-state index is 11.2. The second kappa shape index (κ2) is 4.79. The van der Waals surface area contributed by atoms with Gasteiger partial charge in [-0.05, 0) is 12.3 Å². The van der Waals surface area contributed by atoms with Crippen molar-refractivity contribution in [2.75, 3.05) is 13.1 Å². The van der Waals surface area contributed by atoms with Gasteiger partial charge in [-0.2, -0.15) is 0 Å². The molecular weight excluding hydrogens is 182 g/mol. The van der Waals surface area contributed by atoms with Gasteiger partial charge >= 0.3 is 6.09 Å². The molecule has 0 aromatic heterocycles. The number of nitrogens with zero attached hydrogens (tertiary/aromatic N) is 1. The molecule has 1 N–H and O–H groups in total. The van der Waals surface area contributed by atoms with Gasteiger partial charge in [0, 0.05) is 25.9 Å². The summed E-state index contributed by atoms with van der Waals surface area (Å²) in [7, 11) is 0. The molecule has 14 heavy (non-hydrogen) atoms. The number of ketones is 1. The first-order valence-corrected chi connectivity index (χ1v) is 4.74. The van der Waals surface area contributed by atoms with Crippen molar-refractivity contribution in [2.45, 2.75) is 19.3 Å². The largest absolute Gasteiger partial charge is 0.465 e. The molecule has 0 saturated carbocycles. The summed E-state index contributed by atoms with van der Waals surface area (Å²) in [6, 6.07) is 0. The number of carbonyl (C=O) groups excluding carboxylic acids is 1. The number of carboxylic acid groups (broad SMARTS) is 1. The van der Waals surface area contributed by atoms with E-state index in [1.54, 1.807) is 6.08 Å². The van der Waals surface area contributed by atoms with Crippen molar-refractivity contribution in [1.29, 1.82) is 0 Å². The maximum Gasteiger partial charge on any atom is 0.407 e. The minimum Gasteiger partial charge on any atom is -0.465 e. The van der Waals surface area contributed by atoms with E-state index in [2.05, 4.69) is 6.58 Å². The predicted octanol–water partition coefficient (Wildman–Crippen LogP) is 1.52. The highest BCUT2D eigenvalue weighted by Crippen LogP contribution is 2.20. The quantitative estimate of drug-likeness (QED) is 0.695. The van der Waals surface area contributed by atoms with Crippen LogP contribution in [0, 0.1) is 5.92 Å². The van der Waals surface area contributed by atoms with Crippen LogP contribution in [-0.2, 0) is 4.79 Å². The van der Waals surface area contributed by atoms with E-state index in [0.29, 0.717) is 25.9 Å². The second-order valence-corrected chi connectivity index (χ2v) is 3.62. The Morgan fingerprint density at radius 2 is 2.29 bits per heavy atom. The van der Waals surface area contributed by atoms with E-state index in [4.69, 9.17) is 5.11 Å². The van der Waals surface area contributed by atoms with Gasteiger partial charge in [0.15, 0.2) is 0 Å². The first-order valence-electron chi connectivity index (χ1n) is 4.74. The first-order chi connectivity index (χ1) is 6.63. The number of likely N-dealkylation sites (tertiary alicyclic amines) is 1. The fourth-order valence-corrected chi connectivity index (χ4v) is 1.74. The van der Waals surface area contributed by atoms with Crippen LogP contribution in [0.1, 0.15) is 19.3 Å². The van der Waals surface area contributed by atoms with Crippen molar-refractivity contribution in [1.82, 2.24) is 4.90 Å². The van der Waals surface area contributed by atoms with Crippen molar-refractivity contribution >= 4 is 11.9 Å². The smallest absolute Gasteiger partial charge is 0.407 e. The molecular formula is C10H15NO3. The highest BCUT2D eigenvalue weighted by atomic mass is 16.4. The lowest BCUT2D eigenvalue weighted by molar-refractivity contribution is -0.119. The number of hydrogen-bond donors (Lipinski definition) is 1. The average Bonchev–Trinajstić information content (AvgIpc) is 2.53. The molecule has 4 nitrogen and oxygen atoms in total. The van der Waals surface area contributed by atoms with E-state index < -0.39 is 6.09 Å². The van der Waals surface area contributed by atoms with E-state index >= 15 is 0 Å². The Morgan fingerprint density at radius 3 is 2.79 bits per heavy atom. The van der Waals surface area contributed by atoms with E-state index in [9.17, 15) is 9.59 Å². The Balaban J connectivity index is 2.32. The molecule has 0 aromatic carbocycles. The van der Waals surface area contributed by atoms with Gasteiger partial charge in [-0.3, -0.25) is 4.79 Å². The molecule has 0 aliphatic carbocycles. The highest BCUT2D eigenvalue weighted by Gasteiger charge is 2.26. The Labute approximate surface area is 83.2 Å². The van der Waals surface area contributed by atoms with Gasteiger partial charge in [-0.1, -0.05) is 6.08 Å². The third-order valence-corrected chi connectivity index (χ3v) is 2.44. The van der Waals surface area contributed by atoms with Gasteiger partial charge in [-0.15, -0.1) is 6.58 Å². The summed E-state index contributed by atoms with van der Waals surface area (Å²) < 4.78 is 0. The van der Waals surface area contributed by atoms with Crippen LogP contribution in [-0.4, -0.2) is 35.0 Å². The molecule has 1 fully saturated rings. The predicted molar refractivity (Wildman–Crippen MR) is 52.1 cm³/mol. The summed E-state index contributed by atoms with van der Waals surface area (Å²) in [5.41, 5.74) is 0. The van der Waals surface area contributed by atoms with Crippen LogP contribution in [0.15, 0.2) is 12.7 Å². The standard InChI is InChI=1S/C10H15NO3/c1-2-3-9(12)6-8-4-5-11(7-8)10(13)14/h2,8H,1,3-7H2,(H,13,14)/t8-/m0/s1. The van der Waals surface area contributed by atoms with Crippen LogP contribution < -0.4 is 0 Å². The maximum atomic E-state index is 11.2. The Kier molecular flexibility index (Phi) is 3.68. The molecule has 1 aliphatic rings. The summed E-state index contributed by atoms with van der Waals surface area (Å²) in [6.07, 6.45) is 2.38. The molecule has 0 bridgehead atoms. The van der Waals surface area contributed by atoms with Crippen LogP contribution in [0.3, 0.4) is 0 Å². The molecule has 1 atom stereocenters. The molecule has 0 unspecified atom stereocenters. The molecule has 1 saturated heterocycles. The van der Waals surface area contributed by atoms with E-state index in [1.165, 1.54) is 4.90 Å². The summed E-state index contributed by atoms with van der Waals surface area (Å²) in [4.78, 5) is 23.2. The third kappa shape index (κ3) is 2.87. The third-order valence-electron chi connectivity index (χ3n) is 2.44. The molecule has 1 heterocycles. The van der Waals surface area contributed by atoms with E-state index in [1.807, 2.05) is 0 Å². The Bertz CT molecular complexity index is 250. The topological polar surface area (TPSA) is 57.6 Å². The number of Topliss-reactive ketones (excluding diaryl/α,β-unsaturated/α-hetero) is 1. The van der Waals surface area contributed by atoms with Crippen molar-refractivity contribution < 1.29 is 14.7 Å². The average molecular weight is 197 g/mol. The van der Waals surface area contributed by atoms with Crippen LogP contribution in [0.25, 0.3) is 0 Å².